The van der Waals surface area contributed by atoms with Crippen LogP contribution in [0.4, 0.5) is 5.69 Å². The van der Waals surface area contributed by atoms with Gasteiger partial charge in [0, 0.05) is 30.8 Å². The summed E-state index contributed by atoms with van der Waals surface area (Å²) in [6, 6.07) is 19.8. The zero-order valence-electron chi connectivity index (χ0n) is 22.6. The zero-order chi connectivity index (χ0) is 28.5. The SMILES string of the molecule is O=C1CCC(N2Cc3cc(C4CCN(Cc5ccc(O)c(C(=O)Nc6ccccc6)c5)CC4)ccc3C2=O)C(=O)N1. The van der Waals surface area contributed by atoms with Gasteiger partial charge >= 0.3 is 0 Å². The average molecular weight is 553 g/mol. The number of carbonyl (C=O) groups is 4. The van der Waals surface area contributed by atoms with Gasteiger partial charge < -0.3 is 15.3 Å². The number of anilines is 1. The Hall–Kier alpha value is -4.50. The standard InChI is InChI=1S/C32H32N4O5/c37-28-10-6-20(16-26(28)30(39)33-24-4-2-1-3-5-24)18-35-14-12-21(13-15-35)22-7-8-25-23(17-22)19-36(32(25)41)27-9-11-29(38)34-31(27)40/h1-8,10,16-17,21,27,37H,9,11-15,18-19H2,(H,33,39)(H,34,38,40). The van der Waals surface area contributed by atoms with Gasteiger partial charge in [0.25, 0.3) is 11.8 Å². The van der Waals surface area contributed by atoms with E-state index in [9.17, 15) is 24.3 Å². The van der Waals surface area contributed by atoms with Gasteiger partial charge in [-0.05, 0) is 85.3 Å². The molecule has 2 saturated heterocycles. The van der Waals surface area contributed by atoms with Crippen LogP contribution in [0.3, 0.4) is 0 Å². The molecule has 0 radical (unpaired) electrons. The number of aromatic hydroxyl groups is 1. The normalized spacial score (nSPS) is 19.7. The number of carbonyl (C=O) groups excluding carboxylic acids is 4. The van der Waals surface area contributed by atoms with E-state index in [2.05, 4.69) is 21.6 Å². The molecule has 3 heterocycles. The van der Waals surface area contributed by atoms with E-state index in [1.807, 2.05) is 36.4 Å². The summed E-state index contributed by atoms with van der Waals surface area (Å²) in [5.41, 5.74) is 4.65. The van der Waals surface area contributed by atoms with Crippen LogP contribution in [0.1, 0.15) is 69.0 Å². The average Bonchev–Trinajstić information content (AvgIpc) is 3.30. The first-order valence-corrected chi connectivity index (χ1v) is 14.0. The second kappa shape index (κ2) is 11.2. The molecule has 0 spiro atoms. The van der Waals surface area contributed by atoms with E-state index in [0.29, 0.717) is 36.7 Å². The van der Waals surface area contributed by atoms with E-state index >= 15 is 0 Å². The first-order valence-electron chi connectivity index (χ1n) is 14.0. The van der Waals surface area contributed by atoms with Gasteiger partial charge in [-0.1, -0.05) is 36.4 Å². The largest absolute Gasteiger partial charge is 0.507 e. The summed E-state index contributed by atoms with van der Waals surface area (Å²) < 4.78 is 0. The van der Waals surface area contributed by atoms with E-state index in [-0.39, 0.29) is 35.5 Å². The van der Waals surface area contributed by atoms with Gasteiger partial charge in [-0.3, -0.25) is 29.4 Å². The fourth-order valence-electron chi connectivity index (χ4n) is 6.11. The van der Waals surface area contributed by atoms with Crippen LogP contribution in [0.2, 0.25) is 0 Å². The van der Waals surface area contributed by atoms with E-state index in [0.717, 1.165) is 37.1 Å². The molecule has 3 aromatic carbocycles. The molecular weight excluding hydrogens is 520 g/mol. The highest BCUT2D eigenvalue weighted by molar-refractivity contribution is 6.06. The third-order valence-corrected chi connectivity index (χ3v) is 8.35. The first-order chi connectivity index (χ1) is 19.9. The number of nitrogens with one attached hydrogen (secondary N) is 2. The molecule has 3 aromatic rings. The highest BCUT2D eigenvalue weighted by atomic mass is 16.3. The number of imide groups is 1. The number of nitrogens with zero attached hydrogens (tertiary/aromatic N) is 2. The molecule has 3 N–H and O–H groups in total. The first kappa shape index (κ1) is 26.7. The van der Waals surface area contributed by atoms with Gasteiger partial charge in [0.1, 0.15) is 11.8 Å². The van der Waals surface area contributed by atoms with Gasteiger partial charge in [0.05, 0.1) is 5.56 Å². The zero-order valence-corrected chi connectivity index (χ0v) is 22.6. The fraction of sp³-hybridized carbons (Fsp3) is 0.312. The summed E-state index contributed by atoms with van der Waals surface area (Å²) in [5.74, 6) is -0.867. The van der Waals surface area contributed by atoms with Crippen LogP contribution >= 0.6 is 0 Å². The summed E-state index contributed by atoms with van der Waals surface area (Å²) >= 11 is 0. The summed E-state index contributed by atoms with van der Waals surface area (Å²) in [6.07, 6.45) is 2.52. The maximum absolute atomic E-state index is 13.0. The number of amides is 4. The number of hydrogen-bond acceptors (Lipinski definition) is 6. The molecule has 4 amide bonds. The van der Waals surface area contributed by atoms with Crippen molar-refractivity contribution in [1.29, 1.82) is 0 Å². The minimum atomic E-state index is -0.607. The molecule has 9 heteroatoms. The molecule has 1 unspecified atom stereocenters. The smallest absolute Gasteiger partial charge is 0.259 e. The van der Waals surface area contributed by atoms with Crippen molar-refractivity contribution < 1.29 is 24.3 Å². The van der Waals surface area contributed by atoms with Crippen molar-refractivity contribution in [3.63, 3.8) is 0 Å². The molecular formula is C32H32N4O5. The second-order valence-corrected chi connectivity index (χ2v) is 11.0. The Balaban J connectivity index is 1.06. The molecule has 210 valence electrons. The fourth-order valence-corrected chi connectivity index (χ4v) is 6.11. The van der Waals surface area contributed by atoms with Gasteiger partial charge in [0.2, 0.25) is 11.8 Å². The Morgan fingerprint density at radius 1 is 0.951 bits per heavy atom. The lowest BCUT2D eigenvalue weighted by atomic mass is 9.87. The highest BCUT2D eigenvalue weighted by Crippen LogP contribution is 2.34. The van der Waals surface area contributed by atoms with Crippen LogP contribution in [0.25, 0.3) is 0 Å². The monoisotopic (exact) mass is 552 g/mol. The lowest BCUT2D eigenvalue weighted by Gasteiger charge is -2.32. The van der Waals surface area contributed by atoms with E-state index in [4.69, 9.17) is 0 Å². The van der Waals surface area contributed by atoms with Gasteiger partial charge in [-0.15, -0.1) is 0 Å². The van der Waals surface area contributed by atoms with Crippen molar-refractivity contribution >= 4 is 29.3 Å². The van der Waals surface area contributed by atoms with Crippen LogP contribution < -0.4 is 10.6 Å². The van der Waals surface area contributed by atoms with Gasteiger partial charge in [0.15, 0.2) is 0 Å². The van der Waals surface area contributed by atoms with Crippen LogP contribution in [-0.2, 0) is 22.7 Å². The molecule has 0 aliphatic carbocycles. The number of rotatable bonds is 6. The van der Waals surface area contributed by atoms with E-state index in [1.54, 1.807) is 29.2 Å². The van der Waals surface area contributed by atoms with Crippen molar-refractivity contribution in [1.82, 2.24) is 15.1 Å². The topological polar surface area (TPSA) is 119 Å². The van der Waals surface area contributed by atoms with Crippen LogP contribution in [0, 0.1) is 0 Å². The second-order valence-electron chi connectivity index (χ2n) is 11.0. The number of phenols is 1. The minimum absolute atomic E-state index is 0.0489. The Labute approximate surface area is 238 Å². The number of hydrogen-bond donors (Lipinski definition) is 3. The van der Waals surface area contributed by atoms with Crippen LogP contribution in [0.15, 0.2) is 66.7 Å². The summed E-state index contributed by atoms with van der Waals surface area (Å²) in [5, 5.41) is 15.5. The van der Waals surface area contributed by atoms with Gasteiger partial charge in [-0.2, -0.15) is 0 Å². The van der Waals surface area contributed by atoms with E-state index in [1.165, 1.54) is 5.56 Å². The summed E-state index contributed by atoms with van der Waals surface area (Å²) in [4.78, 5) is 53.6. The summed E-state index contributed by atoms with van der Waals surface area (Å²) in [6.45, 7) is 2.83. The highest BCUT2D eigenvalue weighted by Gasteiger charge is 2.39. The third kappa shape index (κ3) is 5.58. The molecule has 2 fully saturated rings. The van der Waals surface area contributed by atoms with E-state index < -0.39 is 11.9 Å². The maximum atomic E-state index is 13.0. The van der Waals surface area contributed by atoms with Crippen molar-refractivity contribution in [2.75, 3.05) is 18.4 Å². The third-order valence-electron chi connectivity index (χ3n) is 8.35. The summed E-state index contributed by atoms with van der Waals surface area (Å²) in [7, 11) is 0. The maximum Gasteiger partial charge on any atom is 0.259 e. The molecule has 3 aliphatic rings. The number of likely N-dealkylation sites (tertiary alicyclic amines) is 1. The Morgan fingerprint density at radius 2 is 1.73 bits per heavy atom. The molecule has 6 rings (SSSR count). The Bertz CT molecular complexity index is 1510. The quantitative estimate of drug-likeness (QED) is 0.401. The lowest BCUT2D eigenvalue weighted by Crippen LogP contribution is -2.52. The molecule has 41 heavy (non-hydrogen) atoms. The number of benzene rings is 3. The van der Waals surface area contributed by atoms with Crippen molar-refractivity contribution in [3.8, 4) is 5.75 Å². The predicted octanol–water partition coefficient (Wildman–Crippen LogP) is 3.79. The number of para-hydroxylation sites is 1. The number of piperidine rings is 2. The minimum Gasteiger partial charge on any atom is -0.507 e. The van der Waals surface area contributed by atoms with Crippen molar-refractivity contribution in [2.24, 2.45) is 0 Å². The van der Waals surface area contributed by atoms with Crippen molar-refractivity contribution in [2.45, 2.75) is 50.7 Å². The number of phenolic OH excluding ortho intramolecular Hbond substituents is 1. The molecule has 1 atom stereocenters. The molecule has 3 aliphatic heterocycles. The van der Waals surface area contributed by atoms with Crippen LogP contribution in [-0.4, -0.2) is 57.7 Å². The molecule has 0 aromatic heterocycles. The Kier molecular flexibility index (Phi) is 7.28. The number of fused-ring (bicyclic) bond motifs is 1. The lowest BCUT2D eigenvalue weighted by molar-refractivity contribution is -0.136. The molecule has 0 saturated carbocycles. The van der Waals surface area contributed by atoms with Crippen molar-refractivity contribution in [3.05, 3.63) is 94.5 Å². The van der Waals surface area contributed by atoms with Crippen LogP contribution in [0.5, 0.6) is 5.75 Å². The predicted molar refractivity (Wildman–Crippen MR) is 152 cm³/mol. The molecule has 9 nitrogen and oxygen atoms in total. The Morgan fingerprint density at radius 3 is 2.49 bits per heavy atom. The van der Waals surface area contributed by atoms with Gasteiger partial charge in [-0.25, -0.2) is 0 Å². The molecule has 0 bridgehead atoms.